The Morgan fingerprint density at radius 2 is 1.50 bits per heavy atom. The minimum absolute atomic E-state index is 0. The second kappa shape index (κ2) is 22.6. The third-order valence-corrected chi connectivity index (χ3v) is 0.652. The predicted octanol–water partition coefficient (Wildman–Crippen LogP) is 2.79. The molecular weight excluding hydrogens is 259 g/mol. The van der Waals surface area contributed by atoms with Crippen molar-refractivity contribution in [3.63, 3.8) is 0 Å². The maximum Gasteiger partial charge on any atom is 0.146 e. The van der Waals surface area contributed by atoms with Crippen LogP contribution in [0, 0.1) is 5.92 Å². The summed E-state index contributed by atoms with van der Waals surface area (Å²) in [5.41, 5.74) is 0. The number of hydrogen-bond donors (Lipinski definition) is 0. The largest absolute Gasteiger partial charge is 0.359 e. The van der Waals surface area contributed by atoms with Gasteiger partial charge in [-0.2, -0.15) is 0 Å². The summed E-state index contributed by atoms with van der Waals surface area (Å²) in [5, 5.41) is 0. The first kappa shape index (κ1) is 29.3. The van der Waals surface area contributed by atoms with Crippen LogP contribution < -0.4 is 0 Å². The van der Waals surface area contributed by atoms with Gasteiger partial charge in [0.1, 0.15) is 6.79 Å². The van der Waals surface area contributed by atoms with Gasteiger partial charge in [-0.15, -0.1) is 0 Å². The Bertz CT molecular complexity index is 49.8. The van der Waals surface area contributed by atoms with Crippen LogP contribution in [0.4, 0.5) is 0 Å². The smallest absolute Gasteiger partial charge is 0.146 e. The van der Waals surface area contributed by atoms with Gasteiger partial charge in [-0.05, 0) is 5.92 Å². The van der Waals surface area contributed by atoms with Gasteiger partial charge in [-0.3, -0.25) is 0 Å². The molecule has 12 heavy (non-hydrogen) atoms. The van der Waals surface area contributed by atoms with Crippen LogP contribution in [-0.4, -0.2) is 44.4 Å². The van der Waals surface area contributed by atoms with E-state index in [9.17, 15) is 0 Å². The first-order valence-corrected chi connectivity index (χ1v) is 2.84. The Morgan fingerprint density at radius 3 is 1.75 bits per heavy atom. The van der Waals surface area contributed by atoms with Gasteiger partial charge in [0.25, 0.3) is 0 Å². The molecule has 2 nitrogen and oxygen atoms in total. The van der Waals surface area contributed by atoms with E-state index in [1.165, 1.54) is 0 Å². The van der Waals surface area contributed by atoms with Gasteiger partial charge in [0.2, 0.25) is 0 Å². The SMILES string of the molecule is C.C.C.COCOCC(C)C.[Sn]. The van der Waals surface area contributed by atoms with E-state index in [0.717, 1.165) is 6.61 Å². The van der Waals surface area contributed by atoms with Gasteiger partial charge >= 0.3 is 0 Å². The van der Waals surface area contributed by atoms with Gasteiger partial charge in [-0.25, -0.2) is 0 Å². The average Bonchev–Trinajstić information content (AvgIpc) is 1.66. The molecule has 0 amide bonds. The summed E-state index contributed by atoms with van der Waals surface area (Å²) in [4.78, 5) is 0. The predicted molar refractivity (Wildman–Crippen MR) is 58.6 cm³/mol. The zero-order chi connectivity index (χ0) is 6.41. The molecule has 0 aromatic carbocycles. The summed E-state index contributed by atoms with van der Waals surface area (Å²) in [6.45, 7) is 5.41. The van der Waals surface area contributed by atoms with Crippen LogP contribution in [-0.2, 0) is 9.47 Å². The molecule has 0 atom stereocenters. The van der Waals surface area contributed by atoms with E-state index >= 15 is 0 Å². The summed E-state index contributed by atoms with van der Waals surface area (Å²) in [6.07, 6.45) is 0. The maximum atomic E-state index is 5.02. The molecule has 0 unspecified atom stereocenters. The van der Waals surface area contributed by atoms with Crippen molar-refractivity contribution < 1.29 is 9.47 Å². The summed E-state index contributed by atoms with van der Waals surface area (Å²) in [5.74, 6) is 0.602. The fraction of sp³-hybridized carbons (Fsp3) is 1.00. The van der Waals surface area contributed by atoms with Crippen molar-refractivity contribution in [1.82, 2.24) is 0 Å². The average molecular weight is 285 g/mol. The van der Waals surface area contributed by atoms with Crippen molar-refractivity contribution in [2.45, 2.75) is 36.1 Å². The molecule has 3 heteroatoms. The standard InChI is InChI=1S/C6H14O2.3CH4.Sn/c1-6(2)4-8-5-7-3;;;;/h6H,4-5H2,1-3H3;3*1H4;. The molecule has 0 aliphatic carbocycles. The van der Waals surface area contributed by atoms with Crippen LogP contribution in [0.5, 0.6) is 0 Å². The van der Waals surface area contributed by atoms with Crippen molar-refractivity contribution in [2.24, 2.45) is 5.92 Å². The first-order valence-electron chi connectivity index (χ1n) is 2.84. The summed E-state index contributed by atoms with van der Waals surface area (Å²) >= 11 is 0. The molecule has 0 heterocycles. The van der Waals surface area contributed by atoms with Crippen LogP contribution in [0.2, 0.25) is 0 Å². The Kier molecular flexibility index (Phi) is 55.2. The number of ether oxygens (including phenoxy) is 2. The molecule has 0 N–H and O–H groups in total. The van der Waals surface area contributed by atoms with Crippen LogP contribution in [0.3, 0.4) is 0 Å². The third-order valence-electron chi connectivity index (χ3n) is 0.652. The molecule has 0 rings (SSSR count). The summed E-state index contributed by atoms with van der Waals surface area (Å²) in [6, 6.07) is 0. The third kappa shape index (κ3) is 31.0. The van der Waals surface area contributed by atoms with Crippen molar-refractivity contribution in [3.05, 3.63) is 0 Å². The van der Waals surface area contributed by atoms with Crippen LogP contribution in [0.1, 0.15) is 36.1 Å². The van der Waals surface area contributed by atoms with E-state index in [1.807, 2.05) is 0 Å². The fourth-order valence-corrected chi connectivity index (χ4v) is 0.367. The molecule has 0 aromatic heterocycles. The minimum Gasteiger partial charge on any atom is -0.359 e. The molecule has 0 saturated heterocycles. The number of methoxy groups -OCH3 is 1. The normalized spacial score (nSPS) is 7.00. The van der Waals surface area contributed by atoms with Gasteiger partial charge < -0.3 is 9.47 Å². The fourth-order valence-electron chi connectivity index (χ4n) is 0.367. The number of rotatable bonds is 4. The summed E-state index contributed by atoms with van der Waals surface area (Å²) < 4.78 is 9.69. The second-order valence-electron chi connectivity index (χ2n) is 2.17. The quantitative estimate of drug-likeness (QED) is 0.449. The van der Waals surface area contributed by atoms with Crippen molar-refractivity contribution in [1.29, 1.82) is 0 Å². The van der Waals surface area contributed by atoms with Crippen LogP contribution >= 0.6 is 0 Å². The Labute approximate surface area is 96.0 Å². The molecule has 0 saturated carbocycles. The molecule has 0 spiro atoms. The molecule has 0 aliphatic heterocycles. The van der Waals surface area contributed by atoms with E-state index in [0.29, 0.717) is 12.7 Å². The zero-order valence-corrected chi connectivity index (χ0v) is 9.16. The Hall–Kier alpha value is 0.719. The van der Waals surface area contributed by atoms with Gasteiger partial charge in [-0.1, -0.05) is 36.1 Å². The van der Waals surface area contributed by atoms with E-state index in [4.69, 9.17) is 4.74 Å². The Morgan fingerprint density at radius 1 is 1.08 bits per heavy atom. The topological polar surface area (TPSA) is 18.5 Å². The molecule has 78 valence electrons. The van der Waals surface area contributed by atoms with E-state index < -0.39 is 0 Å². The van der Waals surface area contributed by atoms with Gasteiger partial charge in [0, 0.05) is 31.0 Å². The molecule has 0 bridgehead atoms. The van der Waals surface area contributed by atoms with Gasteiger partial charge in [0.05, 0.1) is 6.61 Å². The van der Waals surface area contributed by atoms with Crippen molar-refractivity contribution in [3.8, 4) is 0 Å². The van der Waals surface area contributed by atoms with E-state index in [2.05, 4.69) is 18.6 Å². The molecular formula is C9H26O2Sn. The van der Waals surface area contributed by atoms with E-state index in [-0.39, 0.29) is 46.2 Å². The van der Waals surface area contributed by atoms with Crippen LogP contribution in [0.15, 0.2) is 0 Å². The van der Waals surface area contributed by atoms with E-state index in [1.54, 1.807) is 7.11 Å². The monoisotopic (exact) mass is 286 g/mol. The second-order valence-corrected chi connectivity index (χ2v) is 2.17. The molecule has 4 radical (unpaired) electrons. The zero-order valence-electron chi connectivity index (χ0n) is 6.31. The minimum atomic E-state index is 0. The molecule has 0 aromatic rings. The van der Waals surface area contributed by atoms with Gasteiger partial charge in [0.15, 0.2) is 0 Å². The molecule has 0 aliphatic rings. The number of hydrogen-bond acceptors (Lipinski definition) is 2. The van der Waals surface area contributed by atoms with Crippen molar-refractivity contribution >= 4 is 23.9 Å². The van der Waals surface area contributed by atoms with Crippen LogP contribution in [0.25, 0.3) is 0 Å². The molecule has 0 fully saturated rings. The first-order chi connectivity index (χ1) is 3.77. The Balaban J connectivity index is -0.0000000408. The summed E-state index contributed by atoms with van der Waals surface area (Å²) in [7, 11) is 1.63. The van der Waals surface area contributed by atoms with Crippen molar-refractivity contribution in [2.75, 3.05) is 20.5 Å². The maximum absolute atomic E-state index is 5.02.